The fourth-order valence-electron chi connectivity index (χ4n) is 1.32. The highest BCUT2D eigenvalue weighted by molar-refractivity contribution is 7.10. The highest BCUT2D eigenvalue weighted by Crippen LogP contribution is 2.34. The van der Waals surface area contributed by atoms with Crippen LogP contribution in [0.2, 0.25) is 0 Å². The normalized spacial score (nSPS) is 11.1. The maximum atomic E-state index is 12.4. The zero-order valence-electron chi connectivity index (χ0n) is 8.73. The van der Waals surface area contributed by atoms with Gasteiger partial charge in [0.05, 0.1) is 11.4 Å². The molecule has 0 atom stereocenters. The van der Waals surface area contributed by atoms with Crippen molar-refractivity contribution in [2.24, 2.45) is 4.99 Å². The van der Waals surface area contributed by atoms with Gasteiger partial charge in [0.2, 0.25) is 6.08 Å². The van der Waals surface area contributed by atoms with E-state index in [1.165, 1.54) is 17.5 Å². The van der Waals surface area contributed by atoms with Crippen LogP contribution < -0.4 is 0 Å². The SMILES string of the molecule is O=C=Nc1cccc(-c2csc(C(F)(F)F)n2)c1. The van der Waals surface area contributed by atoms with Crippen LogP contribution in [0.15, 0.2) is 34.6 Å². The molecule has 3 nitrogen and oxygen atoms in total. The largest absolute Gasteiger partial charge is 0.443 e. The quantitative estimate of drug-likeness (QED) is 0.615. The third kappa shape index (κ3) is 2.64. The number of aliphatic imine (C=N–C) groups is 1. The number of isocyanates is 1. The van der Waals surface area contributed by atoms with Crippen molar-refractivity contribution < 1.29 is 18.0 Å². The fourth-order valence-corrected chi connectivity index (χ4v) is 2.02. The smallest absolute Gasteiger partial charge is 0.232 e. The molecule has 0 saturated heterocycles. The summed E-state index contributed by atoms with van der Waals surface area (Å²) in [5.74, 6) is 0. The lowest BCUT2D eigenvalue weighted by Gasteiger charge is -2.00. The van der Waals surface area contributed by atoms with Crippen molar-refractivity contribution in [3.05, 3.63) is 34.7 Å². The first-order valence-electron chi connectivity index (χ1n) is 4.72. The van der Waals surface area contributed by atoms with Crippen molar-refractivity contribution in [1.29, 1.82) is 0 Å². The van der Waals surface area contributed by atoms with Crippen LogP contribution in [0.5, 0.6) is 0 Å². The minimum Gasteiger partial charge on any atom is -0.232 e. The van der Waals surface area contributed by atoms with Crippen LogP contribution in [0.4, 0.5) is 18.9 Å². The summed E-state index contributed by atoms with van der Waals surface area (Å²) in [5, 5.41) is 0.411. The van der Waals surface area contributed by atoms with E-state index in [2.05, 4.69) is 9.98 Å². The monoisotopic (exact) mass is 270 g/mol. The Bertz CT molecular complexity index is 615. The summed E-state index contributed by atoms with van der Waals surface area (Å²) >= 11 is 0.526. The summed E-state index contributed by atoms with van der Waals surface area (Å²) in [5.41, 5.74) is 0.998. The van der Waals surface area contributed by atoms with Crippen molar-refractivity contribution in [3.8, 4) is 11.3 Å². The summed E-state index contributed by atoms with van der Waals surface area (Å²) in [6, 6.07) is 6.20. The zero-order valence-corrected chi connectivity index (χ0v) is 9.55. The van der Waals surface area contributed by atoms with Crippen LogP contribution in [-0.2, 0) is 11.0 Å². The second-order valence-corrected chi connectivity index (χ2v) is 4.15. The molecular weight excluding hydrogens is 265 g/mol. The van der Waals surface area contributed by atoms with Crippen molar-refractivity contribution in [2.45, 2.75) is 6.18 Å². The number of thiazole rings is 1. The lowest BCUT2D eigenvalue weighted by molar-refractivity contribution is -0.137. The molecular formula is C11H5F3N2OS. The Kier molecular flexibility index (Phi) is 3.27. The number of nitrogens with zero attached hydrogens (tertiary/aromatic N) is 2. The molecule has 0 fully saturated rings. The van der Waals surface area contributed by atoms with Crippen molar-refractivity contribution >= 4 is 23.1 Å². The van der Waals surface area contributed by atoms with Gasteiger partial charge in [0.15, 0.2) is 5.01 Å². The van der Waals surface area contributed by atoms with Gasteiger partial charge in [0.1, 0.15) is 0 Å². The first-order chi connectivity index (χ1) is 8.50. The molecule has 0 unspecified atom stereocenters. The van der Waals surface area contributed by atoms with Crippen LogP contribution in [0.1, 0.15) is 5.01 Å². The van der Waals surface area contributed by atoms with Gasteiger partial charge in [-0.05, 0) is 12.1 Å². The predicted molar refractivity (Wildman–Crippen MR) is 60.3 cm³/mol. The first-order valence-corrected chi connectivity index (χ1v) is 5.60. The molecule has 2 aromatic rings. The number of hydrogen-bond acceptors (Lipinski definition) is 4. The maximum absolute atomic E-state index is 12.4. The molecule has 2 rings (SSSR count). The van der Waals surface area contributed by atoms with Gasteiger partial charge < -0.3 is 0 Å². The summed E-state index contributed by atoms with van der Waals surface area (Å²) < 4.78 is 37.2. The van der Waals surface area contributed by atoms with E-state index >= 15 is 0 Å². The predicted octanol–water partition coefficient (Wildman–Crippen LogP) is 3.80. The molecule has 0 N–H and O–H groups in total. The van der Waals surface area contributed by atoms with Gasteiger partial charge in [-0.25, -0.2) is 9.78 Å². The Hall–Kier alpha value is -1.98. The van der Waals surface area contributed by atoms with Crippen molar-refractivity contribution in [1.82, 2.24) is 4.98 Å². The summed E-state index contributed by atoms with van der Waals surface area (Å²) in [6.45, 7) is 0. The molecule has 18 heavy (non-hydrogen) atoms. The topological polar surface area (TPSA) is 42.3 Å². The Morgan fingerprint density at radius 1 is 1.33 bits per heavy atom. The summed E-state index contributed by atoms with van der Waals surface area (Å²) in [7, 11) is 0. The Morgan fingerprint density at radius 3 is 2.72 bits per heavy atom. The fraction of sp³-hybridized carbons (Fsp3) is 0.0909. The molecule has 1 heterocycles. The van der Waals surface area contributed by atoms with E-state index in [4.69, 9.17) is 0 Å². The second-order valence-electron chi connectivity index (χ2n) is 3.29. The van der Waals surface area contributed by atoms with Crippen LogP contribution in [-0.4, -0.2) is 11.1 Å². The molecule has 0 amide bonds. The molecule has 0 aliphatic carbocycles. The number of benzene rings is 1. The highest BCUT2D eigenvalue weighted by atomic mass is 32.1. The highest BCUT2D eigenvalue weighted by Gasteiger charge is 2.34. The Labute approximate surface area is 104 Å². The summed E-state index contributed by atoms with van der Waals surface area (Å²) in [4.78, 5) is 17.0. The van der Waals surface area contributed by atoms with E-state index < -0.39 is 11.2 Å². The van der Waals surface area contributed by atoms with Crippen LogP contribution in [0.3, 0.4) is 0 Å². The lowest BCUT2D eigenvalue weighted by atomic mass is 10.1. The number of hydrogen-bond donors (Lipinski definition) is 0. The Morgan fingerprint density at radius 2 is 2.11 bits per heavy atom. The number of alkyl halides is 3. The molecule has 0 saturated carbocycles. The van der Waals surface area contributed by atoms with Gasteiger partial charge in [-0.3, -0.25) is 0 Å². The average molecular weight is 270 g/mol. The van der Waals surface area contributed by atoms with Crippen molar-refractivity contribution in [3.63, 3.8) is 0 Å². The molecule has 0 radical (unpaired) electrons. The van der Waals surface area contributed by atoms with Crippen LogP contribution in [0.25, 0.3) is 11.3 Å². The van der Waals surface area contributed by atoms with Crippen molar-refractivity contribution in [2.75, 3.05) is 0 Å². The molecule has 0 bridgehead atoms. The second kappa shape index (κ2) is 4.72. The minimum atomic E-state index is -4.44. The minimum absolute atomic E-state index is 0.204. The van der Waals surface area contributed by atoms with E-state index in [0.29, 0.717) is 22.6 Å². The number of aromatic nitrogens is 1. The van der Waals surface area contributed by atoms with Gasteiger partial charge >= 0.3 is 6.18 Å². The maximum Gasteiger partial charge on any atom is 0.443 e. The molecule has 0 spiro atoms. The standard InChI is InChI=1S/C11H5F3N2OS/c12-11(13,14)10-16-9(5-18-10)7-2-1-3-8(4-7)15-6-17/h1-5H. The molecule has 1 aromatic carbocycles. The summed E-state index contributed by atoms with van der Waals surface area (Å²) in [6.07, 6.45) is -3.07. The van der Waals surface area contributed by atoms with Gasteiger partial charge in [-0.2, -0.15) is 18.2 Å². The molecule has 1 aromatic heterocycles. The van der Waals surface area contributed by atoms with Crippen LogP contribution >= 0.6 is 11.3 Å². The number of rotatable bonds is 2. The third-order valence-electron chi connectivity index (χ3n) is 2.06. The van der Waals surface area contributed by atoms with E-state index in [-0.39, 0.29) is 5.69 Å². The van der Waals surface area contributed by atoms with Gasteiger partial charge in [0.25, 0.3) is 0 Å². The number of halogens is 3. The Balaban J connectivity index is 2.40. The molecule has 92 valence electrons. The van der Waals surface area contributed by atoms with E-state index in [0.717, 1.165) is 0 Å². The van der Waals surface area contributed by atoms with E-state index in [9.17, 15) is 18.0 Å². The third-order valence-corrected chi connectivity index (χ3v) is 2.95. The molecule has 0 aliphatic rings. The van der Waals surface area contributed by atoms with E-state index in [1.54, 1.807) is 18.2 Å². The van der Waals surface area contributed by atoms with Gasteiger partial charge in [0, 0.05) is 10.9 Å². The molecule has 7 heteroatoms. The lowest BCUT2D eigenvalue weighted by Crippen LogP contribution is -2.03. The van der Waals surface area contributed by atoms with E-state index in [1.807, 2.05) is 0 Å². The first kappa shape index (κ1) is 12.5. The van der Waals surface area contributed by atoms with Gasteiger partial charge in [-0.1, -0.05) is 12.1 Å². The molecule has 0 aliphatic heterocycles. The zero-order chi connectivity index (χ0) is 13.2. The van der Waals surface area contributed by atoms with Crippen LogP contribution in [0, 0.1) is 0 Å². The average Bonchev–Trinajstić information content (AvgIpc) is 2.78. The van der Waals surface area contributed by atoms with Gasteiger partial charge in [-0.15, -0.1) is 11.3 Å². The number of carbonyl (C=O) groups excluding carboxylic acids is 1.